The number of methoxy groups -OCH3 is 1. The average Bonchev–Trinajstić information content (AvgIpc) is 3.09. The molecule has 0 atom stereocenters. The first-order valence-electron chi connectivity index (χ1n) is 7.41. The molecule has 0 bridgehead atoms. The minimum absolute atomic E-state index is 0.0481. The number of nitro groups is 1. The lowest BCUT2D eigenvalue weighted by atomic mass is 10.2. The molecule has 1 aromatic heterocycles. The number of nitrogens with zero attached hydrogens (tertiary/aromatic N) is 3. The summed E-state index contributed by atoms with van der Waals surface area (Å²) in [5.41, 5.74) is 1.36. The van der Waals surface area contributed by atoms with Gasteiger partial charge < -0.3 is 14.0 Å². The van der Waals surface area contributed by atoms with Crippen molar-refractivity contribution in [1.82, 2.24) is 10.1 Å². The molecule has 25 heavy (non-hydrogen) atoms. The van der Waals surface area contributed by atoms with E-state index in [2.05, 4.69) is 10.1 Å². The number of nitro benzene ring substituents is 1. The molecule has 0 aliphatic heterocycles. The van der Waals surface area contributed by atoms with Gasteiger partial charge in [0.15, 0.2) is 6.61 Å². The summed E-state index contributed by atoms with van der Waals surface area (Å²) in [6, 6.07) is 11.8. The Kier molecular flexibility index (Phi) is 4.60. The van der Waals surface area contributed by atoms with Crippen LogP contribution in [0.2, 0.25) is 0 Å². The first kappa shape index (κ1) is 16.4. The van der Waals surface area contributed by atoms with Gasteiger partial charge in [0.25, 0.3) is 11.6 Å². The van der Waals surface area contributed by atoms with E-state index in [0.717, 1.165) is 11.3 Å². The van der Waals surface area contributed by atoms with Crippen LogP contribution >= 0.6 is 0 Å². The third kappa shape index (κ3) is 3.74. The van der Waals surface area contributed by atoms with Gasteiger partial charge in [-0.25, -0.2) is 0 Å². The van der Waals surface area contributed by atoms with E-state index in [0.29, 0.717) is 23.0 Å². The lowest BCUT2D eigenvalue weighted by Gasteiger charge is -2.04. The summed E-state index contributed by atoms with van der Waals surface area (Å²) in [5, 5.41) is 14.7. The summed E-state index contributed by atoms with van der Waals surface area (Å²) in [4.78, 5) is 14.6. The third-order valence-electron chi connectivity index (χ3n) is 3.54. The van der Waals surface area contributed by atoms with Gasteiger partial charge in [-0.2, -0.15) is 4.98 Å². The van der Waals surface area contributed by atoms with Crippen molar-refractivity contribution in [2.75, 3.05) is 7.11 Å². The predicted molar refractivity (Wildman–Crippen MR) is 88.5 cm³/mol. The highest BCUT2D eigenvalue weighted by Gasteiger charge is 2.12. The van der Waals surface area contributed by atoms with E-state index < -0.39 is 4.92 Å². The molecule has 0 aliphatic carbocycles. The normalized spacial score (nSPS) is 10.5. The minimum atomic E-state index is -0.432. The van der Waals surface area contributed by atoms with E-state index in [9.17, 15) is 10.1 Å². The van der Waals surface area contributed by atoms with E-state index >= 15 is 0 Å². The fourth-order valence-electron chi connectivity index (χ4n) is 2.24. The van der Waals surface area contributed by atoms with Crippen LogP contribution in [0.4, 0.5) is 5.69 Å². The van der Waals surface area contributed by atoms with E-state index in [-0.39, 0.29) is 12.3 Å². The van der Waals surface area contributed by atoms with Gasteiger partial charge in [-0.3, -0.25) is 10.1 Å². The summed E-state index contributed by atoms with van der Waals surface area (Å²) in [5.74, 6) is 1.99. The van der Waals surface area contributed by atoms with Crippen LogP contribution in [0.1, 0.15) is 11.5 Å². The molecule has 0 amide bonds. The molecule has 0 unspecified atom stereocenters. The number of hydrogen-bond acceptors (Lipinski definition) is 7. The van der Waals surface area contributed by atoms with Gasteiger partial charge in [-0.15, -0.1) is 0 Å². The van der Waals surface area contributed by atoms with Crippen molar-refractivity contribution < 1.29 is 18.9 Å². The SMILES string of the molecule is COc1ccc(-c2noc(COc3ccc([N+](=O)[O-])c(C)c3)n2)cc1. The molecule has 2 aromatic carbocycles. The van der Waals surface area contributed by atoms with E-state index in [1.807, 2.05) is 24.3 Å². The van der Waals surface area contributed by atoms with Crippen LogP contribution in [0.15, 0.2) is 47.0 Å². The summed E-state index contributed by atoms with van der Waals surface area (Å²) in [7, 11) is 1.60. The zero-order chi connectivity index (χ0) is 17.8. The Bertz CT molecular complexity index is 890. The quantitative estimate of drug-likeness (QED) is 0.499. The van der Waals surface area contributed by atoms with Crippen molar-refractivity contribution in [1.29, 1.82) is 0 Å². The molecule has 128 valence electrons. The molecule has 3 aromatic rings. The van der Waals surface area contributed by atoms with Crippen LogP contribution < -0.4 is 9.47 Å². The lowest BCUT2D eigenvalue weighted by Crippen LogP contribution is -1.97. The van der Waals surface area contributed by atoms with E-state index in [4.69, 9.17) is 14.0 Å². The maximum Gasteiger partial charge on any atom is 0.272 e. The van der Waals surface area contributed by atoms with Gasteiger partial charge in [-0.1, -0.05) is 5.16 Å². The molecular weight excluding hydrogens is 326 g/mol. The molecule has 0 saturated heterocycles. The van der Waals surface area contributed by atoms with Gasteiger partial charge in [-0.05, 0) is 43.3 Å². The second-order valence-corrected chi connectivity index (χ2v) is 5.23. The lowest BCUT2D eigenvalue weighted by molar-refractivity contribution is -0.385. The molecule has 8 heteroatoms. The molecule has 0 radical (unpaired) electrons. The number of rotatable bonds is 6. The van der Waals surface area contributed by atoms with Gasteiger partial charge >= 0.3 is 0 Å². The molecular formula is C17H15N3O5. The van der Waals surface area contributed by atoms with Crippen LogP contribution in [-0.2, 0) is 6.61 Å². The highest BCUT2D eigenvalue weighted by atomic mass is 16.6. The molecule has 1 heterocycles. The zero-order valence-corrected chi connectivity index (χ0v) is 13.6. The molecule has 0 aliphatic rings. The van der Waals surface area contributed by atoms with Crippen molar-refractivity contribution in [2.45, 2.75) is 13.5 Å². The maximum atomic E-state index is 10.8. The number of hydrogen-bond donors (Lipinski definition) is 0. The van der Waals surface area contributed by atoms with E-state index in [1.54, 1.807) is 20.1 Å². The Morgan fingerprint density at radius 1 is 1.16 bits per heavy atom. The van der Waals surface area contributed by atoms with Crippen LogP contribution in [0.3, 0.4) is 0 Å². The predicted octanol–water partition coefficient (Wildman–Crippen LogP) is 3.54. The van der Waals surface area contributed by atoms with Crippen molar-refractivity contribution in [3.63, 3.8) is 0 Å². The number of aryl methyl sites for hydroxylation is 1. The van der Waals surface area contributed by atoms with Gasteiger partial charge in [0.1, 0.15) is 11.5 Å². The minimum Gasteiger partial charge on any atom is -0.497 e. The molecule has 3 rings (SSSR count). The molecule has 0 N–H and O–H groups in total. The third-order valence-corrected chi connectivity index (χ3v) is 3.54. The topological polar surface area (TPSA) is 101 Å². The van der Waals surface area contributed by atoms with Crippen LogP contribution in [0.5, 0.6) is 11.5 Å². The monoisotopic (exact) mass is 341 g/mol. The second kappa shape index (κ2) is 7.00. The number of benzene rings is 2. The highest BCUT2D eigenvalue weighted by molar-refractivity contribution is 5.55. The molecule has 0 spiro atoms. The smallest absolute Gasteiger partial charge is 0.272 e. The van der Waals surface area contributed by atoms with Crippen LogP contribution in [-0.4, -0.2) is 22.2 Å². The fraction of sp³-hybridized carbons (Fsp3) is 0.176. The van der Waals surface area contributed by atoms with Crippen molar-refractivity contribution >= 4 is 5.69 Å². The van der Waals surface area contributed by atoms with Crippen molar-refractivity contribution in [3.05, 3.63) is 64.0 Å². The Labute approximate surface area is 143 Å². The highest BCUT2D eigenvalue weighted by Crippen LogP contribution is 2.24. The zero-order valence-electron chi connectivity index (χ0n) is 13.6. The Balaban J connectivity index is 1.67. The summed E-state index contributed by atoms with van der Waals surface area (Å²) < 4.78 is 15.8. The van der Waals surface area contributed by atoms with Gasteiger partial charge in [0.2, 0.25) is 5.82 Å². The fourth-order valence-corrected chi connectivity index (χ4v) is 2.24. The molecule has 8 nitrogen and oxygen atoms in total. The standard InChI is InChI=1S/C17H15N3O5/c1-11-9-14(7-8-15(11)20(21)22)24-10-16-18-17(19-25-16)12-3-5-13(23-2)6-4-12/h3-9H,10H2,1-2H3. The Morgan fingerprint density at radius 3 is 2.52 bits per heavy atom. The van der Waals surface area contributed by atoms with Gasteiger partial charge in [0.05, 0.1) is 12.0 Å². The first-order chi connectivity index (χ1) is 12.1. The van der Waals surface area contributed by atoms with Crippen molar-refractivity contribution in [2.24, 2.45) is 0 Å². The average molecular weight is 341 g/mol. The molecule has 0 saturated carbocycles. The van der Waals surface area contributed by atoms with Crippen molar-refractivity contribution in [3.8, 4) is 22.9 Å². The Morgan fingerprint density at radius 2 is 1.88 bits per heavy atom. The van der Waals surface area contributed by atoms with Gasteiger partial charge in [0, 0.05) is 17.2 Å². The van der Waals surface area contributed by atoms with Crippen LogP contribution in [0.25, 0.3) is 11.4 Å². The molecule has 0 fully saturated rings. The summed E-state index contributed by atoms with van der Waals surface area (Å²) in [6.07, 6.45) is 0. The maximum absolute atomic E-state index is 10.8. The first-order valence-corrected chi connectivity index (χ1v) is 7.41. The van der Waals surface area contributed by atoms with Crippen LogP contribution in [0, 0.1) is 17.0 Å². The largest absolute Gasteiger partial charge is 0.497 e. The Hall–Kier alpha value is -3.42. The summed E-state index contributed by atoms with van der Waals surface area (Å²) in [6.45, 7) is 1.72. The second-order valence-electron chi connectivity index (χ2n) is 5.23. The number of ether oxygens (including phenoxy) is 2. The number of aromatic nitrogens is 2. The van der Waals surface area contributed by atoms with E-state index in [1.165, 1.54) is 12.1 Å². The summed E-state index contributed by atoms with van der Waals surface area (Å²) >= 11 is 0.